The molecule has 0 aliphatic heterocycles. The Kier molecular flexibility index (Phi) is 8.56. The second-order valence-electron chi connectivity index (χ2n) is 6.72. The summed E-state index contributed by atoms with van der Waals surface area (Å²) < 4.78 is 40.8. The largest absolute Gasteiger partial charge is 0.411 e. The normalized spacial score (nSPS) is 14.6. The highest BCUT2D eigenvalue weighted by molar-refractivity contribution is 5.80. The van der Waals surface area contributed by atoms with Gasteiger partial charge in [0.1, 0.15) is 6.61 Å². The second kappa shape index (κ2) is 10.9. The third-order valence-electron chi connectivity index (χ3n) is 4.06. The topological polar surface area (TPSA) is 74.8 Å². The summed E-state index contributed by atoms with van der Waals surface area (Å²) in [4.78, 5) is 15.7. The van der Waals surface area contributed by atoms with Crippen LogP contribution in [0.25, 0.3) is 0 Å². The standard InChI is InChI=1S/C19H27F3N4O2/c1-23-18(24-10-2-3-17(27)26-16-8-9-16)25-11-14-4-6-15(7-5-14)12-28-13-19(20,21)22/h4-7,16H,2-3,8-13H2,1H3,(H,26,27)(H2,23,24,25). The third kappa shape index (κ3) is 9.59. The van der Waals surface area contributed by atoms with Crippen molar-refractivity contribution >= 4 is 11.9 Å². The Morgan fingerprint density at radius 2 is 1.86 bits per heavy atom. The maximum atomic E-state index is 12.1. The predicted molar refractivity (Wildman–Crippen MR) is 101 cm³/mol. The minimum Gasteiger partial charge on any atom is -0.367 e. The van der Waals surface area contributed by atoms with Gasteiger partial charge in [-0.05, 0) is 30.4 Å². The number of benzene rings is 1. The molecule has 1 aliphatic carbocycles. The van der Waals surface area contributed by atoms with Crippen LogP contribution in [0, 0.1) is 0 Å². The summed E-state index contributed by atoms with van der Waals surface area (Å²) in [6.07, 6.45) is -0.942. The second-order valence-corrected chi connectivity index (χ2v) is 6.72. The molecular formula is C19H27F3N4O2. The average Bonchev–Trinajstić information content (AvgIpc) is 3.45. The van der Waals surface area contributed by atoms with E-state index < -0.39 is 12.8 Å². The molecule has 0 spiro atoms. The lowest BCUT2D eigenvalue weighted by molar-refractivity contribution is -0.176. The van der Waals surface area contributed by atoms with Crippen LogP contribution in [0.3, 0.4) is 0 Å². The number of guanidine groups is 1. The number of hydrogen-bond donors (Lipinski definition) is 3. The van der Waals surface area contributed by atoms with E-state index in [1.165, 1.54) is 0 Å². The van der Waals surface area contributed by atoms with Crippen LogP contribution in [0.5, 0.6) is 0 Å². The molecule has 2 rings (SSSR count). The summed E-state index contributed by atoms with van der Waals surface area (Å²) in [6, 6.07) is 7.52. The summed E-state index contributed by atoms with van der Waals surface area (Å²) in [6.45, 7) is -0.177. The van der Waals surface area contributed by atoms with Gasteiger partial charge in [-0.1, -0.05) is 24.3 Å². The molecule has 1 fully saturated rings. The molecule has 156 valence electrons. The first kappa shape index (κ1) is 22.0. The van der Waals surface area contributed by atoms with E-state index in [1.54, 1.807) is 19.2 Å². The van der Waals surface area contributed by atoms with E-state index in [0.29, 0.717) is 43.5 Å². The molecule has 0 aromatic heterocycles. The van der Waals surface area contributed by atoms with Gasteiger partial charge in [0, 0.05) is 32.6 Å². The van der Waals surface area contributed by atoms with E-state index >= 15 is 0 Å². The van der Waals surface area contributed by atoms with Gasteiger partial charge < -0.3 is 20.7 Å². The Bertz CT molecular complexity index is 644. The Morgan fingerprint density at radius 1 is 1.18 bits per heavy atom. The van der Waals surface area contributed by atoms with E-state index in [1.807, 2.05) is 12.1 Å². The molecular weight excluding hydrogens is 373 g/mol. The summed E-state index contributed by atoms with van der Waals surface area (Å²) >= 11 is 0. The lowest BCUT2D eigenvalue weighted by Gasteiger charge is -2.12. The monoisotopic (exact) mass is 400 g/mol. The molecule has 0 unspecified atom stereocenters. The van der Waals surface area contributed by atoms with Crippen molar-refractivity contribution in [3.8, 4) is 0 Å². The minimum atomic E-state index is -4.31. The summed E-state index contributed by atoms with van der Waals surface area (Å²) in [5, 5.41) is 9.26. The van der Waals surface area contributed by atoms with Gasteiger partial charge in [0.05, 0.1) is 6.61 Å². The number of alkyl halides is 3. The molecule has 0 saturated heterocycles. The number of ether oxygens (including phenoxy) is 1. The van der Waals surface area contributed by atoms with Crippen LogP contribution in [0.15, 0.2) is 29.3 Å². The molecule has 28 heavy (non-hydrogen) atoms. The van der Waals surface area contributed by atoms with E-state index in [-0.39, 0.29) is 12.5 Å². The van der Waals surface area contributed by atoms with Crippen molar-refractivity contribution in [1.29, 1.82) is 0 Å². The Hall–Kier alpha value is -2.29. The van der Waals surface area contributed by atoms with Gasteiger partial charge in [-0.3, -0.25) is 9.79 Å². The van der Waals surface area contributed by atoms with Gasteiger partial charge in [0.25, 0.3) is 0 Å². The summed E-state index contributed by atoms with van der Waals surface area (Å²) in [5.74, 6) is 0.715. The minimum absolute atomic E-state index is 0.0786. The zero-order valence-electron chi connectivity index (χ0n) is 15.9. The highest BCUT2D eigenvalue weighted by Crippen LogP contribution is 2.18. The van der Waals surface area contributed by atoms with Crippen molar-refractivity contribution < 1.29 is 22.7 Å². The number of halogens is 3. The number of hydrogen-bond acceptors (Lipinski definition) is 3. The van der Waals surface area contributed by atoms with Gasteiger partial charge in [-0.25, -0.2) is 0 Å². The van der Waals surface area contributed by atoms with Crippen molar-refractivity contribution in [2.75, 3.05) is 20.2 Å². The van der Waals surface area contributed by atoms with Crippen LogP contribution in [0.1, 0.15) is 36.8 Å². The van der Waals surface area contributed by atoms with Gasteiger partial charge in [0.2, 0.25) is 5.91 Å². The predicted octanol–water partition coefficient (Wildman–Crippen LogP) is 2.49. The quantitative estimate of drug-likeness (QED) is 0.321. The lowest BCUT2D eigenvalue weighted by Crippen LogP contribution is -2.37. The molecule has 0 radical (unpaired) electrons. The molecule has 9 heteroatoms. The highest BCUT2D eigenvalue weighted by Gasteiger charge is 2.27. The van der Waals surface area contributed by atoms with Crippen LogP contribution in [0.4, 0.5) is 13.2 Å². The Balaban J connectivity index is 1.61. The van der Waals surface area contributed by atoms with E-state index in [2.05, 4.69) is 25.7 Å². The van der Waals surface area contributed by atoms with Crippen molar-refractivity contribution in [3.05, 3.63) is 35.4 Å². The number of aliphatic imine (C=N–C) groups is 1. The van der Waals surface area contributed by atoms with Crippen LogP contribution >= 0.6 is 0 Å². The Labute approximate surface area is 162 Å². The van der Waals surface area contributed by atoms with Gasteiger partial charge >= 0.3 is 6.18 Å². The molecule has 1 amide bonds. The molecule has 1 saturated carbocycles. The number of carbonyl (C=O) groups is 1. The zero-order valence-corrected chi connectivity index (χ0v) is 15.9. The number of nitrogens with one attached hydrogen (secondary N) is 3. The molecule has 6 nitrogen and oxygen atoms in total. The van der Waals surface area contributed by atoms with Gasteiger partial charge in [0.15, 0.2) is 5.96 Å². The fourth-order valence-electron chi connectivity index (χ4n) is 2.43. The molecule has 0 heterocycles. The molecule has 1 aliphatic rings. The van der Waals surface area contributed by atoms with Crippen molar-refractivity contribution in [2.45, 2.75) is 51.1 Å². The number of amides is 1. The van der Waals surface area contributed by atoms with Crippen molar-refractivity contribution in [2.24, 2.45) is 4.99 Å². The fourth-order valence-corrected chi connectivity index (χ4v) is 2.43. The first-order valence-electron chi connectivity index (χ1n) is 9.32. The first-order chi connectivity index (χ1) is 13.4. The first-order valence-corrected chi connectivity index (χ1v) is 9.32. The maximum Gasteiger partial charge on any atom is 0.411 e. The number of nitrogens with zero attached hydrogens (tertiary/aromatic N) is 1. The average molecular weight is 400 g/mol. The molecule has 3 N–H and O–H groups in total. The van der Waals surface area contributed by atoms with Gasteiger partial charge in [-0.15, -0.1) is 0 Å². The van der Waals surface area contributed by atoms with E-state index in [9.17, 15) is 18.0 Å². The smallest absolute Gasteiger partial charge is 0.367 e. The lowest BCUT2D eigenvalue weighted by atomic mass is 10.1. The molecule has 0 bridgehead atoms. The van der Waals surface area contributed by atoms with Crippen LogP contribution in [-0.2, 0) is 22.7 Å². The number of rotatable bonds is 10. The van der Waals surface area contributed by atoms with E-state index in [4.69, 9.17) is 0 Å². The Morgan fingerprint density at radius 3 is 2.46 bits per heavy atom. The molecule has 1 aromatic rings. The fraction of sp³-hybridized carbons (Fsp3) is 0.579. The van der Waals surface area contributed by atoms with Crippen LogP contribution in [0.2, 0.25) is 0 Å². The highest BCUT2D eigenvalue weighted by atomic mass is 19.4. The number of carbonyl (C=O) groups excluding carboxylic acids is 1. The molecule has 0 atom stereocenters. The van der Waals surface area contributed by atoms with Crippen LogP contribution in [-0.4, -0.2) is 44.3 Å². The van der Waals surface area contributed by atoms with Crippen molar-refractivity contribution in [1.82, 2.24) is 16.0 Å². The summed E-state index contributed by atoms with van der Waals surface area (Å²) in [5.41, 5.74) is 1.64. The summed E-state index contributed by atoms with van der Waals surface area (Å²) in [7, 11) is 1.66. The van der Waals surface area contributed by atoms with E-state index in [0.717, 1.165) is 18.4 Å². The molecule has 1 aromatic carbocycles. The maximum absolute atomic E-state index is 12.1. The third-order valence-corrected chi connectivity index (χ3v) is 4.06. The zero-order chi connectivity index (χ0) is 20.4. The van der Waals surface area contributed by atoms with Crippen LogP contribution < -0.4 is 16.0 Å². The van der Waals surface area contributed by atoms with Crippen molar-refractivity contribution in [3.63, 3.8) is 0 Å². The van der Waals surface area contributed by atoms with Gasteiger partial charge in [-0.2, -0.15) is 13.2 Å². The SMILES string of the molecule is CN=C(NCCCC(=O)NC1CC1)NCc1ccc(COCC(F)(F)F)cc1.